The molecule has 2 atom stereocenters. The van der Waals surface area contributed by atoms with Gasteiger partial charge in [-0.3, -0.25) is 0 Å². The van der Waals surface area contributed by atoms with Gasteiger partial charge < -0.3 is 20.1 Å². The van der Waals surface area contributed by atoms with Crippen LogP contribution in [0.3, 0.4) is 0 Å². The van der Waals surface area contributed by atoms with E-state index in [0.717, 1.165) is 0 Å². The van der Waals surface area contributed by atoms with Crippen molar-refractivity contribution < 1.29 is 14.4 Å². The SMILES string of the molecule is COc1cc(-c2noc([C@@H](N)[C@@H](C)O)n2)ncn1. The summed E-state index contributed by atoms with van der Waals surface area (Å²) >= 11 is 0. The molecule has 2 aromatic rings. The van der Waals surface area contributed by atoms with Crippen molar-refractivity contribution in [2.45, 2.75) is 19.1 Å². The summed E-state index contributed by atoms with van der Waals surface area (Å²) in [5.41, 5.74) is 6.13. The van der Waals surface area contributed by atoms with Crippen LogP contribution < -0.4 is 10.5 Å². The molecule has 3 N–H and O–H groups in total. The van der Waals surface area contributed by atoms with Crippen LogP contribution >= 0.6 is 0 Å². The standard InChI is InChI=1S/C10H13N5O3/c1-5(16)8(11)10-14-9(15-18-10)6-3-7(17-2)13-4-12-6/h3-5,8,16H,11H2,1-2H3/t5-,8+/m1/s1. The van der Waals surface area contributed by atoms with E-state index < -0.39 is 12.1 Å². The molecular weight excluding hydrogens is 238 g/mol. The normalized spacial score (nSPS) is 14.2. The van der Waals surface area contributed by atoms with E-state index in [1.807, 2.05) is 0 Å². The number of hydrogen-bond acceptors (Lipinski definition) is 8. The zero-order valence-electron chi connectivity index (χ0n) is 9.94. The molecule has 8 nitrogen and oxygen atoms in total. The van der Waals surface area contributed by atoms with Gasteiger partial charge in [0.25, 0.3) is 0 Å². The molecule has 0 aliphatic carbocycles. The highest BCUT2D eigenvalue weighted by Crippen LogP contribution is 2.19. The van der Waals surface area contributed by atoms with Gasteiger partial charge >= 0.3 is 0 Å². The van der Waals surface area contributed by atoms with E-state index in [2.05, 4.69) is 20.1 Å². The van der Waals surface area contributed by atoms with Crippen LogP contribution in [0.15, 0.2) is 16.9 Å². The number of nitrogens with two attached hydrogens (primary N) is 1. The van der Waals surface area contributed by atoms with Crippen molar-refractivity contribution in [3.63, 3.8) is 0 Å². The Labute approximate surface area is 103 Å². The first-order valence-electron chi connectivity index (χ1n) is 5.25. The van der Waals surface area contributed by atoms with Crippen molar-refractivity contribution in [3.8, 4) is 17.4 Å². The topological polar surface area (TPSA) is 120 Å². The molecule has 2 rings (SSSR count). The Balaban J connectivity index is 2.29. The number of hydrogen-bond donors (Lipinski definition) is 2. The van der Waals surface area contributed by atoms with Gasteiger partial charge in [-0.2, -0.15) is 4.98 Å². The number of methoxy groups -OCH3 is 1. The maximum absolute atomic E-state index is 9.34. The predicted molar refractivity (Wildman–Crippen MR) is 60.5 cm³/mol. The molecule has 0 aliphatic rings. The van der Waals surface area contributed by atoms with Gasteiger partial charge in [0.1, 0.15) is 18.1 Å². The number of aliphatic hydroxyl groups excluding tert-OH is 1. The zero-order valence-corrected chi connectivity index (χ0v) is 9.94. The summed E-state index contributed by atoms with van der Waals surface area (Å²) in [6.45, 7) is 1.54. The number of nitrogens with zero attached hydrogens (tertiary/aromatic N) is 4. The van der Waals surface area contributed by atoms with Gasteiger partial charge in [-0.25, -0.2) is 9.97 Å². The quantitative estimate of drug-likeness (QED) is 0.773. The van der Waals surface area contributed by atoms with Crippen molar-refractivity contribution in [1.29, 1.82) is 0 Å². The third-order valence-corrected chi connectivity index (χ3v) is 2.33. The number of ether oxygens (including phenoxy) is 1. The Morgan fingerprint density at radius 2 is 2.22 bits per heavy atom. The predicted octanol–water partition coefficient (Wildman–Crippen LogP) is -0.0842. The van der Waals surface area contributed by atoms with Gasteiger partial charge in [0.15, 0.2) is 0 Å². The molecule has 0 saturated carbocycles. The minimum atomic E-state index is -0.779. The first-order chi connectivity index (χ1) is 8.61. The largest absolute Gasteiger partial charge is 0.481 e. The van der Waals surface area contributed by atoms with E-state index in [1.165, 1.54) is 13.4 Å². The third kappa shape index (κ3) is 2.44. The molecule has 0 aromatic carbocycles. The first-order valence-corrected chi connectivity index (χ1v) is 5.25. The lowest BCUT2D eigenvalue weighted by Gasteiger charge is -2.08. The Kier molecular flexibility index (Phi) is 3.49. The lowest BCUT2D eigenvalue weighted by molar-refractivity contribution is 0.146. The maximum atomic E-state index is 9.34. The van der Waals surface area contributed by atoms with Crippen LogP contribution in [0.2, 0.25) is 0 Å². The Morgan fingerprint density at radius 1 is 1.44 bits per heavy atom. The van der Waals surface area contributed by atoms with Crippen LogP contribution in [0.4, 0.5) is 0 Å². The average molecular weight is 251 g/mol. The smallest absolute Gasteiger partial charge is 0.246 e. The molecule has 96 valence electrons. The molecule has 0 fully saturated rings. The second-order valence-electron chi connectivity index (χ2n) is 3.67. The van der Waals surface area contributed by atoms with E-state index in [1.54, 1.807) is 13.0 Å². The molecule has 0 aliphatic heterocycles. The average Bonchev–Trinajstić information content (AvgIpc) is 2.87. The first kappa shape index (κ1) is 12.4. The second-order valence-corrected chi connectivity index (χ2v) is 3.67. The van der Waals surface area contributed by atoms with Crippen molar-refractivity contribution in [1.82, 2.24) is 20.1 Å². The molecule has 0 unspecified atom stereocenters. The van der Waals surface area contributed by atoms with Crippen molar-refractivity contribution in [2.24, 2.45) is 5.73 Å². The van der Waals surface area contributed by atoms with Gasteiger partial charge in [0.2, 0.25) is 17.6 Å². The van der Waals surface area contributed by atoms with Gasteiger partial charge in [-0.05, 0) is 6.92 Å². The number of aromatic nitrogens is 4. The minimum Gasteiger partial charge on any atom is -0.481 e. The highest BCUT2D eigenvalue weighted by molar-refractivity contribution is 5.49. The van der Waals surface area contributed by atoms with Crippen LogP contribution in [0.5, 0.6) is 5.88 Å². The van der Waals surface area contributed by atoms with Crippen molar-refractivity contribution in [3.05, 3.63) is 18.3 Å². The Bertz CT molecular complexity index is 528. The fourth-order valence-corrected chi connectivity index (χ4v) is 1.25. The molecule has 0 bridgehead atoms. The molecular formula is C10H13N5O3. The fourth-order valence-electron chi connectivity index (χ4n) is 1.25. The summed E-state index contributed by atoms with van der Waals surface area (Å²) < 4.78 is 9.94. The van der Waals surface area contributed by atoms with E-state index in [4.69, 9.17) is 15.0 Å². The summed E-state index contributed by atoms with van der Waals surface area (Å²) in [4.78, 5) is 11.9. The number of aliphatic hydroxyl groups is 1. The van der Waals surface area contributed by atoms with E-state index in [9.17, 15) is 5.11 Å². The van der Waals surface area contributed by atoms with Gasteiger partial charge in [-0.15, -0.1) is 0 Å². The molecule has 0 amide bonds. The lowest BCUT2D eigenvalue weighted by atomic mass is 10.2. The highest BCUT2D eigenvalue weighted by atomic mass is 16.5. The van der Waals surface area contributed by atoms with Crippen molar-refractivity contribution in [2.75, 3.05) is 7.11 Å². The lowest BCUT2D eigenvalue weighted by Crippen LogP contribution is -2.23. The van der Waals surface area contributed by atoms with Gasteiger partial charge in [-0.1, -0.05) is 5.16 Å². The third-order valence-electron chi connectivity index (χ3n) is 2.33. The summed E-state index contributed by atoms with van der Waals surface area (Å²) in [6, 6.07) is 0.845. The Hall–Kier alpha value is -2.06. The van der Waals surface area contributed by atoms with Crippen LogP contribution in [0.25, 0.3) is 11.5 Å². The zero-order chi connectivity index (χ0) is 13.1. The molecule has 18 heavy (non-hydrogen) atoms. The molecule has 0 radical (unpaired) electrons. The van der Waals surface area contributed by atoms with Gasteiger partial charge in [0, 0.05) is 6.07 Å². The minimum absolute atomic E-state index is 0.151. The molecule has 0 spiro atoms. The second kappa shape index (κ2) is 5.07. The van der Waals surface area contributed by atoms with Crippen LogP contribution in [0, 0.1) is 0 Å². The van der Waals surface area contributed by atoms with Crippen LogP contribution in [-0.4, -0.2) is 38.4 Å². The maximum Gasteiger partial charge on any atom is 0.246 e. The summed E-state index contributed by atoms with van der Waals surface area (Å²) in [5, 5.41) is 13.1. The summed E-state index contributed by atoms with van der Waals surface area (Å²) in [6.07, 6.45) is 0.553. The fraction of sp³-hybridized carbons (Fsp3) is 0.400. The molecule has 2 aromatic heterocycles. The van der Waals surface area contributed by atoms with Crippen LogP contribution in [0.1, 0.15) is 18.9 Å². The molecule has 2 heterocycles. The summed E-state index contributed by atoms with van der Waals surface area (Å²) in [7, 11) is 1.50. The van der Waals surface area contributed by atoms with Crippen LogP contribution in [-0.2, 0) is 0 Å². The van der Waals surface area contributed by atoms with Crippen molar-refractivity contribution >= 4 is 0 Å². The molecule has 0 saturated heterocycles. The monoisotopic (exact) mass is 251 g/mol. The highest BCUT2D eigenvalue weighted by Gasteiger charge is 2.20. The van der Waals surface area contributed by atoms with Gasteiger partial charge in [0.05, 0.1) is 13.2 Å². The summed E-state index contributed by atoms with van der Waals surface area (Å²) in [5.74, 6) is 0.811. The Morgan fingerprint density at radius 3 is 2.89 bits per heavy atom. The number of rotatable bonds is 4. The molecule has 8 heteroatoms. The van der Waals surface area contributed by atoms with E-state index in [0.29, 0.717) is 11.6 Å². The van der Waals surface area contributed by atoms with E-state index in [-0.39, 0.29) is 11.7 Å². The van der Waals surface area contributed by atoms with E-state index >= 15 is 0 Å².